The molecule has 0 bridgehead atoms. The van der Waals surface area contributed by atoms with Crippen molar-refractivity contribution >= 4 is 39.9 Å². The largest absolute Gasteiger partial charge is 0.309 e. The first-order valence-corrected chi connectivity index (χ1v) is 8.97. The summed E-state index contributed by atoms with van der Waals surface area (Å²) in [5, 5.41) is 0. The molecule has 1 aliphatic heterocycles. The molecular weight excluding hydrogens is 389 g/mol. The van der Waals surface area contributed by atoms with Crippen molar-refractivity contribution in [2.24, 2.45) is 0 Å². The van der Waals surface area contributed by atoms with Crippen LogP contribution < -0.4 is 0 Å². The molecule has 0 saturated heterocycles. The fraction of sp³-hybridized carbons (Fsp3) is 0.222. The third-order valence-electron chi connectivity index (χ3n) is 3.55. The monoisotopic (exact) mass is 407 g/mol. The van der Waals surface area contributed by atoms with E-state index in [0.29, 0.717) is 0 Å². The highest BCUT2D eigenvalue weighted by atomic mass is 127. The highest BCUT2D eigenvalue weighted by molar-refractivity contribution is 14.1. The van der Waals surface area contributed by atoms with E-state index in [-0.39, 0.29) is 0 Å². The number of fused-ring (bicyclic) bond motifs is 2. The predicted octanol–water partition coefficient (Wildman–Crippen LogP) is 5.14. The summed E-state index contributed by atoms with van der Waals surface area (Å²) in [4.78, 5) is 4.96. The van der Waals surface area contributed by atoms with Crippen LogP contribution in [0.2, 0.25) is 0 Å². The summed E-state index contributed by atoms with van der Waals surface area (Å²) in [6, 6.07) is 15.5. The second kappa shape index (κ2) is 6.55. The standard InChI is InChI=1S/C18H18INS/c1-20(2)11-5-7-14-15-6-3-4-8-17(15)21-18-10-9-13(19)12-16(14)18/h3-4,6-10,12H,5,11H2,1-2H3/b14-7-. The van der Waals surface area contributed by atoms with Gasteiger partial charge in [-0.2, -0.15) is 0 Å². The van der Waals surface area contributed by atoms with Gasteiger partial charge in [0.25, 0.3) is 0 Å². The van der Waals surface area contributed by atoms with E-state index >= 15 is 0 Å². The predicted molar refractivity (Wildman–Crippen MR) is 100.0 cm³/mol. The third-order valence-corrected chi connectivity index (χ3v) is 5.38. The first-order chi connectivity index (χ1) is 10.1. The zero-order valence-corrected chi connectivity index (χ0v) is 15.2. The van der Waals surface area contributed by atoms with E-state index in [1.54, 1.807) is 0 Å². The number of benzene rings is 2. The van der Waals surface area contributed by atoms with Gasteiger partial charge >= 0.3 is 0 Å². The van der Waals surface area contributed by atoms with Crippen molar-refractivity contribution in [1.82, 2.24) is 4.90 Å². The molecule has 0 unspecified atom stereocenters. The van der Waals surface area contributed by atoms with Crippen molar-refractivity contribution in [2.75, 3.05) is 20.6 Å². The van der Waals surface area contributed by atoms with Crippen LogP contribution in [0.1, 0.15) is 17.5 Å². The summed E-state index contributed by atoms with van der Waals surface area (Å²) in [7, 11) is 4.25. The Morgan fingerprint density at radius 3 is 2.62 bits per heavy atom. The summed E-state index contributed by atoms with van der Waals surface area (Å²) in [5.74, 6) is 0. The SMILES string of the molecule is CN(C)CC/C=C1/c2ccccc2Sc2ccc(I)cc21. The van der Waals surface area contributed by atoms with Gasteiger partial charge in [-0.1, -0.05) is 36.0 Å². The number of hydrogen-bond donors (Lipinski definition) is 0. The Morgan fingerprint density at radius 2 is 1.81 bits per heavy atom. The van der Waals surface area contributed by atoms with Crippen LogP contribution in [0, 0.1) is 3.57 Å². The molecule has 0 N–H and O–H groups in total. The minimum Gasteiger partial charge on any atom is -0.309 e. The molecule has 0 radical (unpaired) electrons. The van der Waals surface area contributed by atoms with Crippen LogP contribution in [0.25, 0.3) is 5.57 Å². The topological polar surface area (TPSA) is 3.24 Å². The maximum Gasteiger partial charge on any atom is 0.0201 e. The summed E-state index contributed by atoms with van der Waals surface area (Å²) >= 11 is 4.28. The van der Waals surface area contributed by atoms with Gasteiger partial charge in [-0.05, 0) is 84.1 Å². The zero-order chi connectivity index (χ0) is 14.8. The van der Waals surface area contributed by atoms with Crippen LogP contribution in [-0.2, 0) is 0 Å². The van der Waals surface area contributed by atoms with Crippen molar-refractivity contribution in [1.29, 1.82) is 0 Å². The Labute approximate surface area is 144 Å². The molecular formula is C18H18INS. The Bertz CT molecular complexity index is 691. The molecule has 0 aliphatic carbocycles. The lowest BCUT2D eigenvalue weighted by molar-refractivity contribution is 0.417. The fourth-order valence-electron chi connectivity index (χ4n) is 2.53. The van der Waals surface area contributed by atoms with E-state index in [2.05, 4.69) is 90.1 Å². The van der Waals surface area contributed by atoms with Crippen molar-refractivity contribution in [2.45, 2.75) is 16.2 Å². The molecule has 0 amide bonds. The van der Waals surface area contributed by atoms with Gasteiger partial charge in [0.1, 0.15) is 0 Å². The van der Waals surface area contributed by atoms with Crippen LogP contribution >= 0.6 is 34.4 Å². The van der Waals surface area contributed by atoms with Crippen LogP contribution in [0.4, 0.5) is 0 Å². The van der Waals surface area contributed by atoms with E-state index in [4.69, 9.17) is 0 Å². The Hall–Kier alpha value is -0.780. The Kier molecular flexibility index (Phi) is 4.72. The number of nitrogens with zero attached hydrogens (tertiary/aromatic N) is 1. The molecule has 1 nitrogen and oxygen atoms in total. The second-order valence-electron chi connectivity index (χ2n) is 5.45. The quantitative estimate of drug-likeness (QED) is 0.554. The van der Waals surface area contributed by atoms with E-state index in [9.17, 15) is 0 Å². The van der Waals surface area contributed by atoms with Crippen LogP contribution in [0.5, 0.6) is 0 Å². The van der Waals surface area contributed by atoms with Gasteiger partial charge in [0.2, 0.25) is 0 Å². The van der Waals surface area contributed by atoms with Crippen molar-refractivity contribution in [3.63, 3.8) is 0 Å². The molecule has 3 heteroatoms. The highest BCUT2D eigenvalue weighted by Crippen LogP contribution is 2.45. The van der Waals surface area contributed by atoms with Gasteiger partial charge in [-0.3, -0.25) is 0 Å². The van der Waals surface area contributed by atoms with Gasteiger partial charge in [-0.15, -0.1) is 0 Å². The van der Waals surface area contributed by atoms with Crippen LogP contribution in [0.3, 0.4) is 0 Å². The second-order valence-corrected chi connectivity index (χ2v) is 7.78. The fourth-order valence-corrected chi connectivity index (χ4v) is 4.11. The zero-order valence-electron chi connectivity index (χ0n) is 12.3. The average Bonchev–Trinajstić information content (AvgIpc) is 2.46. The molecule has 3 rings (SSSR count). The van der Waals surface area contributed by atoms with Gasteiger partial charge < -0.3 is 4.90 Å². The van der Waals surface area contributed by atoms with Gasteiger partial charge in [0.15, 0.2) is 0 Å². The maximum atomic E-state index is 2.40. The van der Waals surface area contributed by atoms with Gasteiger partial charge in [-0.25, -0.2) is 0 Å². The molecule has 0 spiro atoms. The Balaban J connectivity index is 2.06. The Morgan fingerprint density at radius 1 is 1.05 bits per heavy atom. The molecule has 0 aromatic heterocycles. The van der Waals surface area contributed by atoms with E-state index in [0.717, 1.165) is 13.0 Å². The highest BCUT2D eigenvalue weighted by Gasteiger charge is 2.20. The van der Waals surface area contributed by atoms with Crippen molar-refractivity contribution in [3.8, 4) is 0 Å². The van der Waals surface area contributed by atoms with Gasteiger partial charge in [0, 0.05) is 19.9 Å². The molecule has 2 aromatic carbocycles. The van der Waals surface area contributed by atoms with E-state index in [1.165, 1.54) is 30.1 Å². The molecule has 0 saturated carbocycles. The first kappa shape index (κ1) is 15.1. The minimum atomic E-state index is 1.08. The third kappa shape index (κ3) is 3.35. The molecule has 1 aliphatic rings. The summed E-state index contributed by atoms with van der Waals surface area (Å²) in [6.45, 7) is 1.08. The number of halogens is 1. The van der Waals surface area contributed by atoms with Crippen LogP contribution in [-0.4, -0.2) is 25.5 Å². The summed E-state index contributed by atoms with van der Waals surface area (Å²) in [5.41, 5.74) is 4.14. The number of hydrogen-bond acceptors (Lipinski definition) is 2. The van der Waals surface area contributed by atoms with E-state index in [1.807, 2.05) is 11.8 Å². The average molecular weight is 407 g/mol. The van der Waals surface area contributed by atoms with Crippen molar-refractivity contribution < 1.29 is 0 Å². The smallest absolute Gasteiger partial charge is 0.0201 e. The minimum absolute atomic E-state index is 1.08. The lowest BCUT2D eigenvalue weighted by atomic mass is 9.96. The summed E-state index contributed by atoms with van der Waals surface area (Å²) < 4.78 is 1.30. The van der Waals surface area contributed by atoms with Crippen LogP contribution in [0.15, 0.2) is 58.3 Å². The summed E-state index contributed by atoms with van der Waals surface area (Å²) in [6.07, 6.45) is 3.47. The molecule has 0 fully saturated rings. The molecule has 108 valence electrons. The van der Waals surface area contributed by atoms with Gasteiger partial charge in [0.05, 0.1) is 0 Å². The molecule has 2 aromatic rings. The lowest BCUT2D eigenvalue weighted by Crippen LogP contribution is -2.12. The first-order valence-electron chi connectivity index (χ1n) is 7.07. The molecule has 1 heterocycles. The molecule has 21 heavy (non-hydrogen) atoms. The number of rotatable bonds is 3. The maximum absolute atomic E-state index is 2.40. The molecule has 0 atom stereocenters. The van der Waals surface area contributed by atoms with E-state index < -0.39 is 0 Å². The van der Waals surface area contributed by atoms with Crippen molar-refractivity contribution in [3.05, 3.63) is 63.2 Å². The lowest BCUT2D eigenvalue weighted by Gasteiger charge is -2.22. The normalized spacial score (nSPS) is 15.1.